The molecule has 2 atom stereocenters. The molecule has 4 nitrogen and oxygen atoms in total. The fourth-order valence-corrected chi connectivity index (χ4v) is 2.57. The van der Waals surface area contributed by atoms with E-state index in [1.165, 1.54) is 0 Å². The average Bonchev–Trinajstić information content (AvgIpc) is 2.89. The van der Waals surface area contributed by atoms with Crippen LogP contribution in [0.3, 0.4) is 0 Å². The number of nitrogens with two attached hydrogens (primary N) is 1. The second-order valence-electron chi connectivity index (χ2n) is 5.21. The Labute approximate surface area is 117 Å². The van der Waals surface area contributed by atoms with E-state index in [1.807, 2.05) is 43.3 Å². The molecule has 0 spiro atoms. The molecule has 1 aliphatic rings. The first-order valence-electron chi connectivity index (χ1n) is 6.74. The van der Waals surface area contributed by atoms with Gasteiger partial charge >= 0.3 is 0 Å². The number of nitrogens with one attached hydrogen (secondary N) is 1. The lowest BCUT2D eigenvalue weighted by molar-refractivity contribution is -0.118. The summed E-state index contributed by atoms with van der Waals surface area (Å²) >= 11 is 0. The fourth-order valence-electron chi connectivity index (χ4n) is 2.57. The first kappa shape index (κ1) is 12.8. The number of aryl methyl sites for hydroxylation is 1. The van der Waals surface area contributed by atoms with Gasteiger partial charge in [-0.25, -0.2) is 0 Å². The summed E-state index contributed by atoms with van der Waals surface area (Å²) in [6.45, 7) is 2.01. The van der Waals surface area contributed by atoms with Gasteiger partial charge in [-0.3, -0.25) is 9.78 Å². The third-order valence-electron chi connectivity index (χ3n) is 3.68. The monoisotopic (exact) mass is 267 g/mol. The van der Waals surface area contributed by atoms with Crippen molar-refractivity contribution < 1.29 is 4.79 Å². The molecule has 0 bridgehead atoms. The Hall–Kier alpha value is -2.20. The van der Waals surface area contributed by atoms with Crippen molar-refractivity contribution in [3.8, 4) is 0 Å². The van der Waals surface area contributed by atoms with Gasteiger partial charge in [0.1, 0.15) is 0 Å². The Bertz CT molecular complexity index is 693. The smallest absolute Gasteiger partial charge is 0.231 e. The highest BCUT2D eigenvalue weighted by Gasteiger charge is 2.23. The number of aromatic nitrogens is 1. The second-order valence-corrected chi connectivity index (χ2v) is 5.21. The van der Waals surface area contributed by atoms with E-state index in [9.17, 15) is 4.79 Å². The van der Waals surface area contributed by atoms with Crippen molar-refractivity contribution in [3.63, 3.8) is 0 Å². The lowest BCUT2D eigenvalue weighted by Gasteiger charge is -2.13. The number of anilines is 1. The van der Waals surface area contributed by atoms with Gasteiger partial charge in [-0.1, -0.05) is 18.2 Å². The maximum absolute atomic E-state index is 12.3. The van der Waals surface area contributed by atoms with E-state index >= 15 is 0 Å². The number of fused-ring (bicyclic) bond motifs is 1. The molecule has 20 heavy (non-hydrogen) atoms. The summed E-state index contributed by atoms with van der Waals surface area (Å²) in [4.78, 5) is 16.6. The maximum Gasteiger partial charge on any atom is 0.231 e. The molecule has 0 fully saturated rings. The highest BCUT2D eigenvalue weighted by Crippen LogP contribution is 2.26. The van der Waals surface area contributed by atoms with E-state index in [1.54, 1.807) is 6.20 Å². The molecule has 0 saturated carbocycles. The molecule has 0 saturated heterocycles. The summed E-state index contributed by atoms with van der Waals surface area (Å²) in [5.74, 6) is -0.152. The van der Waals surface area contributed by atoms with Crippen molar-refractivity contribution in [1.82, 2.24) is 4.98 Å². The predicted molar refractivity (Wildman–Crippen MR) is 80.3 cm³/mol. The molecule has 1 aliphatic carbocycles. The number of carbonyl (C=O) groups excluding carboxylic acids is 1. The van der Waals surface area contributed by atoms with Gasteiger partial charge in [-0.05, 0) is 37.1 Å². The SMILES string of the molecule is Cc1ccc(NC(=O)C2C=CC(N)C2)c2cccnc12. The van der Waals surface area contributed by atoms with Crippen LogP contribution in [0.4, 0.5) is 5.69 Å². The van der Waals surface area contributed by atoms with E-state index in [0.29, 0.717) is 6.42 Å². The van der Waals surface area contributed by atoms with Gasteiger partial charge in [0.25, 0.3) is 0 Å². The van der Waals surface area contributed by atoms with Crippen molar-refractivity contribution in [3.05, 3.63) is 48.2 Å². The van der Waals surface area contributed by atoms with Gasteiger partial charge in [-0.2, -0.15) is 0 Å². The average molecular weight is 267 g/mol. The van der Waals surface area contributed by atoms with Crippen molar-refractivity contribution >= 4 is 22.5 Å². The molecule has 0 radical (unpaired) electrons. The number of benzene rings is 1. The summed E-state index contributed by atoms with van der Waals surface area (Å²) in [7, 11) is 0. The molecule has 2 aromatic rings. The van der Waals surface area contributed by atoms with Crippen LogP contribution in [0.2, 0.25) is 0 Å². The molecule has 102 valence electrons. The Morgan fingerprint density at radius 1 is 1.35 bits per heavy atom. The second kappa shape index (κ2) is 5.06. The van der Waals surface area contributed by atoms with E-state index in [2.05, 4.69) is 10.3 Å². The van der Waals surface area contributed by atoms with Crippen molar-refractivity contribution in [2.24, 2.45) is 11.7 Å². The Kier molecular flexibility index (Phi) is 3.24. The summed E-state index contributed by atoms with van der Waals surface area (Å²) < 4.78 is 0. The van der Waals surface area contributed by atoms with Crippen molar-refractivity contribution in [2.75, 3.05) is 5.32 Å². The van der Waals surface area contributed by atoms with E-state index < -0.39 is 0 Å². The van der Waals surface area contributed by atoms with Crippen LogP contribution in [0.25, 0.3) is 10.9 Å². The molecule has 4 heteroatoms. The van der Waals surface area contributed by atoms with Crippen molar-refractivity contribution in [1.29, 1.82) is 0 Å². The van der Waals surface area contributed by atoms with Crippen LogP contribution in [0.15, 0.2) is 42.6 Å². The molecule has 0 aliphatic heterocycles. The first-order chi connectivity index (χ1) is 9.65. The van der Waals surface area contributed by atoms with Gasteiger partial charge in [0.05, 0.1) is 17.1 Å². The van der Waals surface area contributed by atoms with Gasteiger partial charge in [-0.15, -0.1) is 0 Å². The van der Waals surface area contributed by atoms with Gasteiger partial charge < -0.3 is 11.1 Å². The molecular formula is C16H17N3O. The molecule has 1 aromatic carbocycles. The number of nitrogens with zero attached hydrogens (tertiary/aromatic N) is 1. The third kappa shape index (κ3) is 2.30. The Morgan fingerprint density at radius 3 is 2.95 bits per heavy atom. The Balaban J connectivity index is 1.90. The van der Waals surface area contributed by atoms with Crippen LogP contribution >= 0.6 is 0 Å². The lowest BCUT2D eigenvalue weighted by atomic mass is 10.1. The zero-order valence-corrected chi connectivity index (χ0v) is 11.3. The number of amides is 1. The highest BCUT2D eigenvalue weighted by molar-refractivity contribution is 6.03. The van der Waals surface area contributed by atoms with Crippen LogP contribution in [0.1, 0.15) is 12.0 Å². The normalized spacial score (nSPS) is 21.3. The van der Waals surface area contributed by atoms with E-state index in [0.717, 1.165) is 22.2 Å². The molecule has 1 heterocycles. The summed E-state index contributed by atoms with van der Waals surface area (Å²) in [6, 6.07) is 7.74. The molecule has 1 aromatic heterocycles. The van der Waals surface area contributed by atoms with E-state index in [-0.39, 0.29) is 17.9 Å². The zero-order chi connectivity index (χ0) is 14.1. The Morgan fingerprint density at radius 2 is 2.20 bits per heavy atom. The van der Waals surface area contributed by atoms with Gasteiger partial charge in [0.15, 0.2) is 0 Å². The first-order valence-corrected chi connectivity index (χ1v) is 6.74. The number of carbonyl (C=O) groups is 1. The topological polar surface area (TPSA) is 68.0 Å². The van der Waals surface area contributed by atoms with Gasteiger partial charge in [0, 0.05) is 17.6 Å². The molecule has 3 N–H and O–H groups in total. The van der Waals surface area contributed by atoms with Crippen molar-refractivity contribution in [2.45, 2.75) is 19.4 Å². The quantitative estimate of drug-likeness (QED) is 0.821. The molecular weight excluding hydrogens is 250 g/mol. The minimum absolute atomic E-state index is 0.0109. The van der Waals surface area contributed by atoms with E-state index in [4.69, 9.17) is 5.73 Å². The fraction of sp³-hybridized carbons (Fsp3) is 0.250. The summed E-state index contributed by atoms with van der Waals surface area (Å²) in [6.07, 6.45) is 6.21. The van der Waals surface area contributed by atoms with Crippen LogP contribution in [0, 0.1) is 12.8 Å². The third-order valence-corrected chi connectivity index (χ3v) is 3.68. The minimum atomic E-state index is -0.141. The molecule has 3 rings (SSSR count). The summed E-state index contributed by atoms with van der Waals surface area (Å²) in [5, 5.41) is 3.95. The highest BCUT2D eigenvalue weighted by atomic mass is 16.1. The van der Waals surface area contributed by atoms with Crippen LogP contribution in [-0.4, -0.2) is 16.9 Å². The standard InChI is InChI=1S/C16H17N3O/c1-10-4-7-14(13-3-2-8-18-15(10)13)19-16(20)11-5-6-12(17)9-11/h2-8,11-12H,9,17H2,1H3,(H,19,20). The van der Waals surface area contributed by atoms with Gasteiger partial charge in [0.2, 0.25) is 5.91 Å². The predicted octanol–water partition coefficient (Wildman–Crippen LogP) is 2.39. The maximum atomic E-state index is 12.3. The molecule has 1 amide bonds. The van der Waals surface area contributed by atoms with Crippen LogP contribution in [0.5, 0.6) is 0 Å². The van der Waals surface area contributed by atoms with Crippen LogP contribution < -0.4 is 11.1 Å². The lowest BCUT2D eigenvalue weighted by Crippen LogP contribution is -2.24. The number of pyridine rings is 1. The number of rotatable bonds is 2. The number of hydrogen-bond donors (Lipinski definition) is 2. The molecule has 2 unspecified atom stereocenters. The summed E-state index contributed by atoms with van der Waals surface area (Å²) in [5.41, 5.74) is 8.61. The van der Waals surface area contributed by atoms with Crippen LogP contribution in [-0.2, 0) is 4.79 Å². The minimum Gasteiger partial charge on any atom is -0.325 e. The largest absolute Gasteiger partial charge is 0.325 e. The number of hydrogen-bond acceptors (Lipinski definition) is 3. The zero-order valence-electron chi connectivity index (χ0n) is 11.3.